The normalized spacial score (nSPS) is 26.4. The first-order valence-corrected chi connectivity index (χ1v) is 7.07. The van der Waals surface area contributed by atoms with Crippen molar-refractivity contribution in [2.45, 2.75) is 26.8 Å². The topological polar surface area (TPSA) is 15.3 Å². The van der Waals surface area contributed by atoms with Crippen molar-refractivity contribution in [2.75, 3.05) is 26.7 Å². The molecule has 3 unspecified atom stereocenters. The Hall–Kier alpha value is -0.860. The second-order valence-corrected chi connectivity index (χ2v) is 5.87. The van der Waals surface area contributed by atoms with Crippen LogP contribution >= 0.6 is 0 Å². The van der Waals surface area contributed by atoms with Crippen molar-refractivity contribution in [3.63, 3.8) is 0 Å². The summed E-state index contributed by atoms with van der Waals surface area (Å²) in [6.07, 6.45) is 0. The van der Waals surface area contributed by atoms with Crippen molar-refractivity contribution in [1.29, 1.82) is 0 Å². The highest BCUT2D eigenvalue weighted by Crippen LogP contribution is 2.25. The molecule has 2 heteroatoms. The van der Waals surface area contributed by atoms with Gasteiger partial charge in [0.15, 0.2) is 0 Å². The maximum Gasteiger partial charge on any atom is 0.0449 e. The van der Waals surface area contributed by atoms with E-state index in [-0.39, 0.29) is 0 Å². The Bertz CT molecular complexity index is 378. The molecule has 0 spiro atoms. The molecule has 0 radical (unpaired) electrons. The van der Waals surface area contributed by atoms with Gasteiger partial charge in [-0.2, -0.15) is 0 Å². The summed E-state index contributed by atoms with van der Waals surface area (Å²) >= 11 is 0. The van der Waals surface area contributed by atoms with E-state index < -0.39 is 0 Å². The summed E-state index contributed by atoms with van der Waals surface area (Å²) in [7, 11) is 2.07. The lowest BCUT2D eigenvalue weighted by atomic mass is 10.0. The Morgan fingerprint density at radius 1 is 1.22 bits per heavy atom. The van der Waals surface area contributed by atoms with E-state index in [0.29, 0.717) is 6.04 Å². The van der Waals surface area contributed by atoms with Crippen molar-refractivity contribution in [3.05, 3.63) is 35.4 Å². The third-order valence-corrected chi connectivity index (χ3v) is 4.42. The molecular weight excluding hydrogens is 220 g/mol. The van der Waals surface area contributed by atoms with E-state index in [9.17, 15) is 0 Å². The zero-order valence-electron chi connectivity index (χ0n) is 12.1. The molecule has 0 amide bonds. The van der Waals surface area contributed by atoms with Crippen LogP contribution in [0, 0.1) is 18.8 Å². The van der Waals surface area contributed by atoms with Crippen LogP contribution in [-0.4, -0.2) is 31.6 Å². The molecule has 0 saturated carbocycles. The van der Waals surface area contributed by atoms with Gasteiger partial charge in [0.25, 0.3) is 0 Å². The lowest BCUT2D eigenvalue weighted by Gasteiger charge is -2.25. The van der Waals surface area contributed by atoms with Gasteiger partial charge in [-0.25, -0.2) is 0 Å². The number of aryl methyl sites for hydroxylation is 1. The average Bonchev–Trinajstić information content (AvgIpc) is 2.66. The van der Waals surface area contributed by atoms with E-state index in [1.54, 1.807) is 0 Å². The van der Waals surface area contributed by atoms with Gasteiger partial charge in [-0.1, -0.05) is 38.1 Å². The lowest BCUT2D eigenvalue weighted by Crippen LogP contribution is -2.33. The van der Waals surface area contributed by atoms with Crippen molar-refractivity contribution < 1.29 is 0 Å². The zero-order chi connectivity index (χ0) is 13.1. The molecule has 100 valence electrons. The molecular formula is C16H26N2. The highest BCUT2D eigenvalue weighted by molar-refractivity contribution is 5.29. The standard InChI is InChI=1S/C16H26N2/c1-12-7-5-6-8-15(12)16(17-4)11-18-9-13(2)14(3)10-18/h5-8,13-14,16-17H,9-11H2,1-4H3. The number of nitrogens with zero attached hydrogens (tertiary/aromatic N) is 1. The van der Waals surface area contributed by atoms with Crippen LogP contribution in [0.15, 0.2) is 24.3 Å². The van der Waals surface area contributed by atoms with Crippen LogP contribution in [0.1, 0.15) is 31.0 Å². The summed E-state index contributed by atoms with van der Waals surface area (Å²) in [4.78, 5) is 2.60. The molecule has 1 aliphatic heterocycles. The number of nitrogens with one attached hydrogen (secondary N) is 1. The summed E-state index contributed by atoms with van der Waals surface area (Å²) < 4.78 is 0. The number of hydrogen-bond donors (Lipinski definition) is 1. The Balaban J connectivity index is 2.04. The van der Waals surface area contributed by atoms with Crippen molar-refractivity contribution >= 4 is 0 Å². The molecule has 1 N–H and O–H groups in total. The Morgan fingerprint density at radius 2 is 1.83 bits per heavy atom. The molecule has 2 nitrogen and oxygen atoms in total. The fourth-order valence-corrected chi connectivity index (χ4v) is 2.98. The molecule has 1 aromatic rings. The van der Waals surface area contributed by atoms with Crippen LogP contribution in [0.2, 0.25) is 0 Å². The van der Waals surface area contributed by atoms with Crippen LogP contribution < -0.4 is 5.32 Å². The second kappa shape index (κ2) is 5.85. The number of likely N-dealkylation sites (tertiary alicyclic amines) is 1. The SMILES string of the molecule is CNC(CN1CC(C)C(C)C1)c1ccccc1C. The monoisotopic (exact) mass is 246 g/mol. The molecule has 2 rings (SSSR count). The van der Waals surface area contributed by atoms with Gasteiger partial charge in [0.1, 0.15) is 0 Å². The molecule has 18 heavy (non-hydrogen) atoms. The lowest BCUT2D eigenvalue weighted by molar-refractivity contribution is 0.287. The molecule has 1 fully saturated rings. The van der Waals surface area contributed by atoms with E-state index in [0.717, 1.165) is 18.4 Å². The van der Waals surface area contributed by atoms with Crippen molar-refractivity contribution in [2.24, 2.45) is 11.8 Å². The molecule has 1 aliphatic rings. The first kappa shape index (κ1) is 13.6. The molecule has 1 aromatic carbocycles. The van der Waals surface area contributed by atoms with Gasteiger partial charge in [0, 0.05) is 25.7 Å². The third kappa shape index (κ3) is 2.93. The van der Waals surface area contributed by atoms with Gasteiger partial charge in [-0.3, -0.25) is 0 Å². The van der Waals surface area contributed by atoms with E-state index in [2.05, 4.69) is 62.3 Å². The second-order valence-electron chi connectivity index (χ2n) is 5.87. The van der Waals surface area contributed by atoms with Crippen LogP contribution in [-0.2, 0) is 0 Å². The Morgan fingerprint density at radius 3 is 2.39 bits per heavy atom. The summed E-state index contributed by atoms with van der Waals surface area (Å²) in [6, 6.07) is 9.16. The van der Waals surface area contributed by atoms with Crippen LogP contribution in [0.5, 0.6) is 0 Å². The minimum Gasteiger partial charge on any atom is -0.312 e. The van der Waals surface area contributed by atoms with Crippen molar-refractivity contribution in [3.8, 4) is 0 Å². The largest absolute Gasteiger partial charge is 0.312 e. The molecule has 1 heterocycles. The van der Waals surface area contributed by atoms with Gasteiger partial charge < -0.3 is 10.2 Å². The molecule has 3 atom stereocenters. The number of hydrogen-bond acceptors (Lipinski definition) is 2. The molecule has 1 saturated heterocycles. The fourth-order valence-electron chi connectivity index (χ4n) is 2.98. The predicted octanol–water partition coefficient (Wildman–Crippen LogP) is 2.84. The minimum absolute atomic E-state index is 0.448. The zero-order valence-corrected chi connectivity index (χ0v) is 12.1. The van der Waals surface area contributed by atoms with Gasteiger partial charge in [-0.05, 0) is 36.9 Å². The predicted molar refractivity (Wildman–Crippen MR) is 77.7 cm³/mol. The van der Waals surface area contributed by atoms with Gasteiger partial charge in [0.05, 0.1) is 0 Å². The molecule has 0 bridgehead atoms. The van der Waals surface area contributed by atoms with Crippen LogP contribution in [0.25, 0.3) is 0 Å². The van der Waals surface area contributed by atoms with Crippen LogP contribution in [0.3, 0.4) is 0 Å². The average molecular weight is 246 g/mol. The highest BCUT2D eigenvalue weighted by Gasteiger charge is 2.27. The third-order valence-electron chi connectivity index (χ3n) is 4.42. The first-order valence-electron chi connectivity index (χ1n) is 7.07. The summed E-state index contributed by atoms with van der Waals surface area (Å²) in [6.45, 7) is 10.5. The highest BCUT2D eigenvalue weighted by atomic mass is 15.2. The smallest absolute Gasteiger partial charge is 0.0449 e. The first-order chi connectivity index (χ1) is 8.61. The number of rotatable bonds is 4. The van der Waals surface area contributed by atoms with Crippen molar-refractivity contribution in [1.82, 2.24) is 10.2 Å². The van der Waals surface area contributed by atoms with E-state index >= 15 is 0 Å². The number of benzene rings is 1. The number of likely N-dealkylation sites (N-methyl/N-ethyl adjacent to an activating group) is 1. The van der Waals surface area contributed by atoms with Gasteiger partial charge in [-0.15, -0.1) is 0 Å². The van der Waals surface area contributed by atoms with Crippen LogP contribution in [0.4, 0.5) is 0 Å². The van der Waals surface area contributed by atoms with Gasteiger partial charge >= 0.3 is 0 Å². The van der Waals surface area contributed by atoms with E-state index in [4.69, 9.17) is 0 Å². The fraction of sp³-hybridized carbons (Fsp3) is 0.625. The molecule has 0 aliphatic carbocycles. The van der Waals surface area contributed by atoms with E-state index in [1.165, 1.54) is 24.2 Å². The minimum atomic E-state index is 0.448. The Labute approximate surface area is 111 Å². The van der Waals surface area contributed by atoms with E-state index in [1.807, 2.05) is 0 Å². The maximum absolute atomic E-state index is 3.47. The van der Waals surface area contributed by atoms with Gasteiger partial charge in [0.2, 0.25) is 0 Å². The summed E-state index contributed by atoms with van der Waals surface area (Å²) in [5.74, 6) is 1.67. The Kier molecular flexibility index (Phi) is 4.41. The maximum atomic E-state index is 3.47. The molecule has 0 aromatic heterocycles. The summed E-state index contributed by atoms with van der Waals surface area (Å²) in [5, 5.41) is 3.47. The quantitative estimate of drug-likeness (QED) is 0.879. The summed E-state index contributed by atoms with van der Waals surface area (Å²) in [5.41, 5.74) is 2.82.